The van der Waals surface area contributed by atoms with Gasteiger partial charge < -0.3 is 14.2 Å². The summed E-state index contributed by atoms with van der Waals surface area (Å²) in [7, 11) is 0. The SMILES string of the molecule is Cc1noc(NC(=O)N2CCC(=Cc3cccc(OCC4CC=CCC4)c3)C(C)C2)c1C. The summed E-state index contributed by atoms with van der Waals surface area (Å²) < 4.78 is 11.3. The Hall–Kier alpha value is -3.02. The van der Waals surface area contributed by atoms with Gasteiger partial charge in [0, 0.05) is 18.7 Å². The van der Waals surface area contributed by atoms with Crippen molar-refractivity contribution in [3.63, 3.8) is 0 Å². The number of urea groups is 1. The number of hydrogen-bond acceptors (Lipinski definition) is 4. The maximum Gasteiger partial charge on any atom is 0.324 e. The highest BCUT2D eigenvalue weighted by molar-refractivity contribution is 5.88. The number of anilines is 1. The highest BCUT2D eigenvalue weighted by Crippen LogP contribution is 2.27. The van der Waals surface area contributed by atoms with Crippen LogP contribution in [0.2, 0.25) is 0 Å². The molecule has 1 N–H and O–H groups in total. The molecule has 2 atom stereocenters. The monoisotopic (exact) mass is 435 g/mol. The van der Waals surface area contributed by atoms with E-state index in [1.54, 1.807) is 0 Å². The number of piperidine rings is 1. The average Bonchev–Trinajstić information content (AvgIpc) is 3.12. The van der Waals surface area contributed by atoms with Gasteiger partial charge in [-0.05, 0) is 69.1 Å². The molecular formula is C26H33N3O3. The summed E-state index contributed by atoms with van der Waals surface area (Å²) in [5, 5.41) is 6.76. The Balaban J connectivity index is 1.33. The van der Waals surface area contributed by atoms with Crippen LogP contribution in [0, 0.1) is 25.7 Å². The van der Waals surface area contributed by atoms with Gasteiger partial charge >= 0.3 is 6.03 Å². The molecule has 1 fully saturated rings. The van der Waals surface area contributed by atoms with Gasteiger partial charge in [0.2, 0.25) is 5.88 Å². The number of benzene rings is 1. The third kappa shape index (κ3) is 5.42. The number of nitrogens with zero attached hydrogens (tertiary/aromatic N) is 2. The molecule has 170 valence electrons. The zero-order valence-electron chi connectivity index (χ0n) is 19.3. The number of aromatic nitrogens is 1. The molecule has 32 heavy (non-hydrogen) atoms. The Morgan fingerprint density at radius 2 is 2.22 bits per heavy atom. The molecule has 2 aromatic rings. The maximum absolute atomic E-state index is 12.7. The van der Waals surface area contributed by atoms with Crippen LogP contribution in [-0.2, 0) is 0 Å². The predicted octanol–water partition coefficient (Wildman–Crippen LogP) is 5.98. The molecule has 0 bridgehead atoms. The number of aryl methyl sites for hydroxylation is 1. The van der Waals surface area contributed by atoms with Gasteiger partial charge in [0.05, 0.1) is 12.3 Å². The second-order valence-corrected chi connectivity index (χ2v) is 9.00. The highest BCUT2D eigenvalue weighted by Gasteiger charge is 2.25. The summed E-state index contributed by atoms with van der Waals surface area (Å²) in [5.41, 5.74) is 4.17. The third-order valence-electron chi connectivity index (χ3n) is 6.54. The molecule has 0 saturated carbocycles. The van der Waals surface area contributed by atoms with Crippen LogP contribution >= 0.6 is 0 Å². The zero-order chi connectivity index (χ0) is 22.5. The van der Waals surface area contributed by atoms with E-state index in [1.165, 1.54) is 12.0 Å². The number of carbonyl (C=O) groups is 1. The lowest BCUT2D eigenvalue weighted by atomic mass is 9.91. The molecule has 1 aromatic heterocycles. The molecule has 2 amide bonds. The molecular weight excluding hydrogens is 402 g/mol. The maximum atomic E-state index is 12.7. The molecule has 2 aliphatic rings. The number of rotatable bonds is 5. The van der Waals surface area contributed by atoms with E-state index in [4.69, 9.17) is 9.26 Å². The second-order valence-electron chi connectivity index (χ2n) is 9.00. The Kier molecular flexibility index (Phi) is 6.98. The van der Waals surface area contributed by atoms with Crippen molar-refractivity contribution in [2.45, 2.75) is 46.5 Å². The molecule has 2 heterocycles. The van der Waals surface area contributed by atoms with E-state index in [0.29, 0.717) is 24.9 Å². The number of allylic oxidation sites excluding steroid dienone is 2. The molecule has 6 heteroatoms. The summed E-state index contributed by atoms with van der Waals surface area (Å²) in [5.74, 6) is 2.26. The van der Waals surface area contributed by atoms with E-state index in [1.807, 2.05) is 24.8 Å². The molecule has 2 unspecified atom stereocenters. The Labute approximate surface area is 190 Å². The Morgan fingerprint density at radius 3 is 2.94 bits per heavy atom. The molecule has 4 rings (SSSR count). The fourth-order valence-corrected chi connectivity index (χ4v) is 4.29. The van der Waals surface area contributed by atoms with Crippen molar-refractivity contribution in [1.82, 2.24) is 10.1 Å². The lowest BCUT2D eigenvalue weighted by Gasteiger charge is -2.33. The first kappa shape index (κ1) is 22.2. The highest BCUT2D eigenvalue weighted by atomic mass is 16.5. The fraction of sp³-hybridized carbons (Fsp3) is 0.462. The number of ether oxygens (including phenoxy) is 1. The molecule has 1 saturated heterocycles. The van der Waals surface area contributed by atoms with Crippen molar-refractivity contribution in [2.75, 3.05) is 25.0 Å². The van der Waals surface area contributed by atoms with Gasteiger partial charge in [-0.3, -0.25) is 5.32 Å². The van der Waals surface area contributed by atoms with Crippen LogP contribution in [0.1, 0.15) is 49.4 Å². The van der Waals surface area contributed by atoms with E-state index in [-0.39, 0.29) is 11.9 Å². The normalized spacial score (nSPS) is 22.2. The van der Waals surface area contributed by atoms with E-state index in [0.717, 1.165) is 48.4 Å². The van der Waals surface area contributed by atoms with Gasteiger partial charge in [-0.2, -0.15) is 0 Å². The van der Waals surface area contributed by atoms with Crippen molar-refractivity contribution >= 4 is 18.0 Å². The predicted molar refractivity (Wildman–Crippen MR) is 127 cm³/mol. The van der Waals surface area contributed by atoms with Gasteiger partial charge in [-0.1, -0.05) is 48.0 Å². The minimum Gasteiger partial charge on any atom is -0.493 e. The standard InChI is InChI=1S/C26H33N3O3/c1-18-16-29(26(30)27-25-19(2)20(3)28-32-25)13-12-23(18)14-22-10-7-11-24(15-22)31-17-21-8-5-4-6-9-21/h4-5,7,10-11,14-15,18,21H,6,8-9,12-13,16-17H2,1-3H3,(H,27,30). The summed E-state index contributed by atoms with van der Waals surface area (Å²) in [6.45, 7) is 8.06. The van der Waals surface area contributed by atoms with Gasteiger partial charge in [0.1, 0.15) is 5.75 Å². The second kappa shape index (κ2) is 10.1. The Morgan fingerprint density at radius 1 is 1.34 bits per heavy atom. The van der Waals surface area contributed by atoms with Gasteiger partial charge in [-0.25, -0.2) is 4.79 Å². The minimum absolute atomic E-state index is 0.136. The molecule has 1 aliphatic heterocycles. The van der Waals surface area contributed by atoms with E-state index in [2.05, 4.69) is 53.8 Å². The van der Waals surface area contributed by atoms with Crippen LogP contribution in [-0.4, -0.2) is 35.8 Å². The largest absolute Gasteiger partial charge is 0.493 e. The van der Waals surface area contributed by atoms with E-state index < -0.39 is 0 Å². The van der Waals surface area contributed by atoms with Crippen molar-refractivity contribution in [3.8, 4) is 5.75 Å². The van der Waals surface area contributed by atoms with Crippen molar-refractivity contribution in [1.29, 1.82) is 0 Å². The molecule has 6 nitrogen and oxygen atoms in total. The van der Waals surface area contributed by atoms with Crippen LogP contribution in [0.25, 0.3) is 6.08 Å². The lowest BCUT2D eigenvalue weighted by molar-refractivity contribution is 0.197. The first-order valence-corrected chi connectivity index (χ1v) is 11.6. The van der Waals surface area contributed by atoms with Gasteiger partial charge in [-0.15, -0.1) is 0 Å². The zero-order valence-corrected chi connectivity index (χ0v) is 19.3. The van der Waals surface area contributed by atoms with Crippen LogP contribution in [0.3, 0.4) is 0 Å². The molecule has 0 radical (unpaired) electrons. The molecule has 0 spiro atoms. The third-order valence-corrected chi connectivity index (χ3v) is 6.54. The van der Waals surface area contributed by atoms with Crippen LogP contribution < -0.4 is 10.1 Å². The van der Waals surface area contributed by atoms with Crippen molar-refractivity contribution < 1.29 is 14.1 Å². The number of hydrogen-bond donors (Lipinski definition) is 1. The average molecular weight is 436 g/mol. The summed E-state index contributed by atoms with van der Waals surface area (Å²) in [4.78, 5) is 14.5. The lowest BCUT2D eigenvalue weighted by Crippen LogP contribution is -2.42. The fourth-order valence-electron chi connectivity index (χ4n) is 4.29. The number of amides is 2. The number of likely N-dealkylation sites (tertiary alicyclic amines) is 1. The number of carbonyl (C=O) groups excluding carboxylic acids is 1. The van der Waals surface area contributed by atoms with Crippen LogP contribution in [0.4, 0.5) is 10.7 Å². The quantitative estimate of drug-likeness (QED) is 0.586. The summed E-state index contributed by atoms with van der Waals surface area (Å²) in [6.07, 6.45) is 11.1. The first-order chi connectivity index (χ1) is 15.5. The first-order valence-electron chi connectivity index (χ1n) is 11.6. The molecule has 1 aromatic carbocycles. The van der Waals surface area contributed by atoms with Crippen LogP contribution in [0.15, 0.2) is 46.5 Å². The number of nitrogens with one attached hydrogen (secondary N) is 1. The van der Waals surface area contributed by atoms with E-state index >= 15 is 0 Å². The van der Waals surface area contributed by atoms with Crippen molar-refractivity contribution in [2.24, 2.45) is 11.8 Å². The van der Waals surface area contributed by atoms with Crippen LogP contribution in [0.5, 0.6) is 5.75 Å². The van der Waals surface area contributed by atoms with E-state index in [9.17, 15) is 4.79 Å². The minimum atomic E-state index is -0.136. The van der Waals surface area contributed by atoms with Crippen molar-refractivity contribution in [3.05, 3.63) is 58.8 Å². The Bertz CT molecular complexity index is 1010. The molecule has 1 aliphatic carbocycles. The topological polar surface area (TPSA) is 67.6 Å². The summed E-state index contributed by atoms with van der Waals surface area (Å²) >= 11 is 0. The smallest absolute Gasteiger partial charge is 0.324 e. The van der Waals surface area contributed by atoms with Gasteiger partial charge in [0.15, 0.2) is 0 Å². The summed E-state index contributed by atoms with van der Waals surface area (Å²) in [6, 6.07) is 8.18. The van der Waals surface area contributed by atoms with Gasteiger partial charge in [0.25, 0.3) is 0 Å².